The van der Waals surface area contributed by atoms with Gasteiger partial charge in [-0.15, -0.1) is 0 Å². The van der Waals surface area contributed by atoms with Crippen molar-refractivity contribution in [1.82, 2.24) is 10.2 Å². The molecule has 0 spiro atoms. The van der Waals surface area contributed by atoms with Crippen molar-refractivity contribution in [2.24, 2.45) is 11.8 Å². The maximum atomic E-state index is 13.4. The van der Waals surface area contributed by atoms with Crippen LogP contribution in [0.15, 0.2) is 22.6 Å². The van der Waals surface area contributed by atoms with E-state index in [9.17, 15) is 9.59 Å². The van der Waals surface area contributed by atoms with E-state index in [-0.39, 0.29) is 24.0 Å². The van der Waals surface area contributed by atoms with Gasteiger partial charge in [-0.2, -0.15) is 0 Å². The van der Waals surface area contributed by atoms with Gasteiger partial charge in [0.1, 0.15) is 11.2 Å². The second-order valence-electron chi connectivity index (χ2n) is 10.7. The fourth-order valence-electron chi connectivity index (χ4n) is 6.93. The molecule has 2 amide bonds. The number of para-hydroxylation sites is 1. The zero-order valence-corrected chi connectivity index (χ0v) is 19.0. The van der Waals surface area contributed by atoms with Gasteiger partial charge in [0, 0.05) is 30.1 Å². The maximum Gasteiger partial charge on any atom is 0.289 e. The van der Waals surface area contributed by atoms with Crippen LogP contribution in [-0.4, -0.2) is 47.6 Å². The van der Waals surface area contributed by atoms with Crippen molar-refractivity contribution in [1.29, 1.82) is 0 Å². The summed E-state index contributed by atoms with van der Waals surface area (Å²) < 4.78 is 12.3. The SMILES string of the molecule is Cc1c(C(=O)N2CCCC(NC(=O)C34CC5CC(CC(C5)O3)C4)C2)oc2c(C)cccc12. The summed E-state index contributed by atoms with van der Waals surface area (Å²) in [6.07, 6.45) is 7.24. The number of piperidine rings is 1. The fourth-order valence-corrected chi connectivity index (χ4v) is 6.93. The van der Waals surface area contributed by atoms with Crippen molar-refractivity contribution in [3.05, 3.63) is 35.1 Å². The highest BCUT2D eigenvalue weighted by Gasteiger charge is 2.56. The van der Waals surface area contributed by atoms with Gasteiger partial charge in [0.05, 0.1) is 6.10 Å². The van der Waals surface area contributed by atoms with Crippen LogP contribution in [0, 0.1) is 25.7 Å². The third-order valence-corrected chi connectivity index (χ3v) is 8.30. The predicted molar refractivity (Wildman–Crippen MR) is 120 cm³/mol. The monoisotopic (exact) mass is 436 g/mol. The predicted octanol–water partition coefficient (Wildman–Crippen LogP) is 4.12. The van der Waals surface area contributed by atoms with Gasteiger partial charge in [0.2, 0.25) is 0 Å². The summed E-state index contributed by atoms with van der Waals surface area (Å²) in [5.41, 5.74) is 2.08. The summed E-state index contributed by atoms with van der Waals surface area (Å²) in [7, 11) is 0. The highest BCUT2D eigenvalue weighted by molar-refractivity contribution is 5.99. The van der Waals surface area contributed by atoms with E-state index < -0.39 is 5.60 Å². The van der Waals surface area contributed by atoms with Crippen LogP contribution in [0.3, 0.4) is 0 Å². The Labute approximate surface area is 188 Å². The number of aryl methyl sites for hydroxylation is 2. The van der Waals surface area contributed by atoms with E-state index >= 15 is 0 Å². The molecule has 1 N–H and O–H groups in total. The summed E-state index contributed by atoms with van der Waals surface area (Å²) in [5, 5.41) is 4.27. The molecule has 1 aromatic carbocycles. The quantitative estimate of drug-likeness (QED) is 0.786. The van der Waals surface area contributed by atoms with Gasteiger partial charge in [-0.1, -0.05) is 18.2 Å². The minimum absolute atomic E-state index is 0.0387. The molecule has 7 rings (SSSR count). The molecule has 32 heavy (non-hydrogen) atoms. The Bertz CT molecular complexity index is 1050. The third kappa shape index (κ3) is 3.18. The number of hydrogen-bond acceptors (Lipinski definition) is 4. The molecule has 3 unspecified atom stereocenters. The Morgan fingerprint density at radius 2 is 1.91 bits per heavy atom. The highest BCUT2D eigenvalue weighted by atomic mass is 16.5. The normalized spacial score (nSPS) is 33.6. The van der Waals surface area contributed by atoms with Gasteiger partial charge in [-0.05, 0) is 76.2 Å². The van der Waals surface area contributed by atoms with Crippen LogP contribution in [0.5, 0.6) is 0 Å². The number of nitrogens with one attached hydrogen (secondary N) is 1. The van der Waals surface area contributed by atoms with Crippen LogP contribution in [0.25, 0.3) is 11.0 Å². The number of benzene rings is 1. The summed E-state index contributed by atoms with van der Waals surface area (Å²) in [6, 6.07) is 5.96. The molecule has 2 aromatic rings. The van der Waals surface area contributed by atoms with E-state index in [4.69, 9.17) is 9.15 Å². The molecule has 5 aliphatic rings. The molecule has 2 saturated carbocycles. The molecule has 170 valence electrons. The summed E-state index contributed by atoms with van der Waals surface area (Å²) in [4.78, 5) is 28.6. The van der Waals surface area contributed by atoms with E-state index in [0.717, 1.165) is 60.6 Å². The summed E-state index contributed by atoms with van der Waals surface area (Å²) >= 11 is 0. The zero-order chi connectivity index (χ0) is 22.0. The highest BCUT2D eigenvalue weighted by Crippen LogP contribution is 2.53. The van der Waals surface area contributed by atoms with E-state index in [2.05, 4.69) is 5.32 Å². The van der Waals surface area contributed by atoms with E-state index in [1.807, 2.05) is 36.9 Å². The Kier molecular flexibility index (Phi) is 4.65. The molecule has 3 saturated heterocycles. The number of nitrogens with zero attached hydrogens (tertiary/aromatic N) is 1. The Morgan fingerprint density at radius 3 is 2.62 bits per heavy atom. The fraction of sp³-hybridized carbons (Fsp3) is 0.615. The van der Waals surface area contributed by atoms with Gasteiger partial charge >= 0.3 is 0 Å². The molecule has 6 heteroatoms. The molecular formula is C26H32N2O4. The lowest BCUT2D eigenvalue weighted by atomic mass is 9.62. The lowest BCUT2D eigenvalue weighted by molar-refractivity contribution is -0.219. The van der Waals surface area contributed by atoms with Crippen molar-refractivity contribution in [2.45, 2.75) is 76.5 Å². The molecule has 5 fully saturated rings. The Morgan fingerprint density at radius 1 is 1.12 bits per heavy atom. The number of likely N-dealkylation sites (tertiary alicyclic amines) is 1. The number of carbonyl (C=O) groups is 2. The topological polar surface area (TPSA) is 71.8 Å². The van der Waals surface area contributed by atoms with Gasteiger partial charge in [0.25, 0.3) is 11.8 Å². The standard InChI is InChI=1S/C26H32N2O4/c1-15-5-3-7-21-16(2)23(31-22(15)21)24(29)28-8-4-6-19(14-28)27-25(30)26-12-17-9-18(13-26)11-20(10-17)32-26/h3,5,7,17-20H,4,6,8-14H2,1-2H3,(H,27,30). The summed E-state index contributed by atoms with van der Waals surface area (Å²) in [5.74, 6) is 1.66. The number of amides is 2. The van der Waals surface area contributed by atoms with Crippen LogP contribution < -0.4 is 5.32 Å². The van der Waals surface area contributed by atoms with Gasteiger partial charge in [-0.3, -0.25) is 9.59 Å². The smallest absolute Gasteiger partial charge is 0.289 e. The first-order valence-electron chi connectivity index (χ1n) is 12.2. The van der Waals surface area contributed by atoms with Gasteiger partial charge < -0.3 is 19.4 Å². The largest absolute Gasteiger partial charge is 0.450 e. The van der Waals surface area contributed by atoms with Crippen molar-refractivity contribution in [3.8, 4) is 0 Å². The van der Waals surface area contributed by atoms with Crippen LogP contribution in [-0.2, 0) is 9.53 Å². The Balaban J connectivity index is 1.17. The molecule has 4 heterocycles. The molecule has 4 bridgehead atoms. The average molecular weight is 437 g/mol. The van der Waals surface area contributed by atoms with Crippen LogP contribution in [0.4, 0.5) is 0 Å². The molecule has 0 radical (unpaired) electrons. The molecule has 3 aliphatic heterocycles. The summed E-state index contributed by atoms with van der Waals surface area (Å²) in [6.45, 7) is 5.16. The van der Waals surface area contributed by atoms with Crippen molar-refractivity contribution < 1.29 is 18.7 Å². The first kappa shape index (κ1) is 20.3. The lowest BCUT2D eigenvalue weighted by Gasteiger charge is -2.55. The molecule has 3 atom stereocenters. The lowest BCUT2D eigenvalue weighted by Crippen LogP contribution is -2.63. The number of carbonyl (C=O) groups excluding carboxylic acids is 2. The van der Waals surface area contributed by atoms with Crippen molar-refractivity contribution in [2.75, 3.05) is 13.1 Å². The number of fused-ring (bicyclic) bond motifs is 1. The number of ether oxygens (including phenoxy) is 1. The first-order chi connectivity index (χ1) is 15.4. The van der Waals surface area contributed by atoms with Crippen molar-refractivity contribution >= 4 is 22.8 Å². The first-order valence-corrected chi connectivity index (χ1v) is 12.2. The average Bonchev–Trinajstić information content (AvgIpc) is 3.10. The van der Waals surface area contributed by atoms with Crippen LogP contribution in [0.2, 0.25) is 0 Å². The molecule has 1 aromatic heterocycles. The van der Waals surface area contributed by atoms with E-state index in [1.165, 1.54) is 6.42 Å². The Hall–Kier alpha value is -2.34. The minimum atomic E-state index is -0.631. The number of hydrogen-bond donors (Lipinski definition) is 1. The molecule has 6 nitrogen and oxygen atoms in total. The molecular weight excluding hydrogens is 404 g/mol. The minimum Gasteiger partial charge on any atom is -0.450 e. The second kappa shape index (κ2) is 7.34. The number of furan rings is 1. The van der Waals surface area contributed by atoms with Crippen LogP contribution >= 0.6 is 0 Å². The number of rotatable bonds is 3. The van der Waals surface area contributed by atoms with Gasteiger partial charge in [0.15, 0.2) is 5.76 Å². The van der Waals surface area contributed by atoms with E-state index in [1.54, 1.807) is 0 Å². The van der Waals surface area contributed by atoms with Gasteiger partial charge in [-0.25, -0.2) is 0 Å². The zero-order valence-electron chi connectivity index (χ0n) is 19.0. The van der Waals surface area contributed by atoms with Crippen LogP contribution in [0.1, 0.15) is 66.6 Å². The molecule has 2 aliphatic carbocycles. The van der Waals surface area contributed by atoms with E-state index in [0.29, 0.717) is 30.7 Å². The maximum absolute atomic E-state index is 13.4. The second-order valence-corrected chi connectivity index (χ2v) is 10.7. The third-order valence-electron chi connectivity index (χ3n) is 8.30. The van der Waals surface area contributed by atoms with Crippen molar-refractivity contribution in [3.63, 3.8) is 0 Å².